The summed E-state index contributed by atoms with van der Waals surface area (Å²) in [5, 5.41) is 61.0. The number of aliphatic hydroxyl groups excluding tert-OH is 6. The molecule has 0 saturated carbocycles. The fraction of sp³-hybridized carbons (Fsp3) is 0.667. The molecule has 1 unspecified atom stereocenters. The van der Waals surface area contributed by atoms with E-state index >= 15 is 0 Å². The first-order chi connectivity index (χ1) is 13.4. The Morgan fingerprint density at radius 2 is 1.71 bits per heavy atom. The number of anilines is 1. The predicted molar refractivity (Wildman–Crippen MR) is 89.4 cm³/mol. The molecule has 8 atom stereocenters. The predicted octanol–water partition coefficient (Wildman–Crippen LogP) is -4.34. The topological polar surface area (TPSA) is 209 Å². The lowest BCUT2D eigenvalue weighted by Crippen LogP contribution is -2.58. The molecular weight excluding hydrogens is 378 g/mol. The molecule has 0 aromatic carbocycles. The van der Waals surface area contributed by atoms with Crippen LogP contribution in [-0.4, -0.2) is 106 Å². The highest BCUT2D eigenvalue weighted by atomic mass is 16.6. The van der Waals surface area contributed by atoms with Gasteiger partial charge in [-0.05, 0) is 0 Å². The molecule has 0 radical (unpaired) electrons. The molecule has 8 N–H and O–H groups in total. The number of aromatic nitrogens is 4. The Kier molecular flexibility index (Phi) is 4.71. The zero-order valence-electron chi connectivity index (χ0n) is 14.5. The zero-order chi connectivity index (χ0) is 20.2. The Morgan fingerprint density at radius 1 is 1.00 bits per heavy atom. The average molecular weight is 399 g/mol. The van der Waals surface area contributed by atoms with Crippen molar-refractivity contribution in [1.29, 1.82) is 0 Å². The lowest BCUT2D eigenvalue weighted by molar-refractivity contribution is -0.231. The van der Waals surface area contributed by atoms with E-state index in [-0.39, 0.29) is 17.0 Å². The van der Waals surface area contributed by atoms with Crippen LogP contribution in [-0.2, 0) is 15.2 Å². The van der Waals surface area contributed by atoms with Crippen molar-refractivity contribution in [3.8, 4) is 0 Å². The highest BCUT2D eigenvalue weighted by Gasteiger charge is 2.65. The summed E-state index contributed by atoms with van der Waals surface area (Å²) in [6, 6.07) is 0. The molecule has 0 aliphatic carbocycles. The van der Waals surface area contributed by atoms with Gasteiger partial charge in [0.1, 0.15) is 54.6 Å². The molecule has 13 heteroatoms. The zero-order valence-corrected chi connectivity index (χ0v) is 14.5. The standard InChI is InChI=1S/C15H21N5O8/c16-13-7-14(18-3-17-13)20(4-19-7)15(11(26)9(24)6(2-22)28-15)12-10(25)8(23)5(1-21)27-12/h3-6,8-12,21-26H,1-2H2,(H2,16,17,18)/t5-,6+,8+,9-,10+,11-,12+,15?/m0/s1. The van der Waals surface area contributed by atoms with Crippen molar-refractivity contribution >= 4 is 17.0 Å². The molecule has 0 spiro atoms. The summed E-state index contributed by atoms with van der Waals surface area (Å²) in [4.78, 5) is 12.0. The van der Waals surface area contributed by atoms with E-state index < -0.39 is 61.7 Å². The minimum Gasteiger partial charge on any atom is -0.394 e. The van der Waals surface area contributed by atoms with E-state index in [1.807, 2.05) is 0 Å². The highest BCUT2D eigenvalue weighted by molar-refractivity contribution is 5.81. The Labute approximate surface area is 157 Å². The van der Waals surface area contributed by atoms with Gasteiger partial charge in [0.15, 0.2) is 11.5 Å². The van der Waals surface area contributed by atoms with Gasteiger partial charge < -0.3 is 45.8 Å². The molecule has 4 rings (SSSR count). The van der Waals surface area contributed by atoms with Gasteiger partial charge >= 0.3 is 0 Å². The van der Waals surface area contributed by atoms with Crippen molar-refractivity contribution in [1.82, 2.24) is 19.5 Å². The number of rotatable bonds is 4. The van der Waals surface area contributed by atoms with E-state index in [0.29, 0.717) is 0 Å². The summed E-state index contributed by atoms with van der Waals surface area (Å²) < 4.78 is 12.6. The van der Waals surface area contributed by atoms with Crippen LogP contribution in [0.4, 0.5) is 5.82 Å². The summed E-state index contributed by atoms with van der Waals surface area (Å²) >= 11 is 0. The number of hydrogen-bond acceptors (Lipinski definition) is 12. The first-order valence-corrected chi connectivity index (χ1v) is 8.58. The molecule has 13 nitrogen and oxygen atoms in total. The number of nitrogens with zero attached hydrogens (tertiary/aromatic N) is 4. The maximum atomic E-state index is 10.9. The Morgan fingerprint density at radius 3 is 2.32 bits per heavy atom. The minimum absolute atomic E-state index is 0.0480. The van der Waals surface area contributed by atoms with E-state index in [1.165, 1.54) is 10.9 Å². The smallest absolute Gasteiger partial charge is 0.205 e. The Balaban J connectivity index is 1.92. The van der Waals surface area contributed by atoms with Crippen LogP contribution in [0.25, 0.3) is 11.2 Å². The number of nitrogens with two attached hydrogens (primary N) is 1. The third kappa shape index (κ3) is 2.46. The number of fused-ring (bicyclic) bond motifs is 1. The monoisotopic (exact) mass is 399 g/mol. The Hall–Kier alpha value is -1.97. The third-order valence-electron chi connectivity index (χ3n) is 5.34. The molecule has 28 heavy (non-hydrogen) atoms. The van der Waals surface area contributed by atoms with E-state index in [1.54, 1.807) is 0 Å². The van der Waals surface area contributed by atoms with Crippen molar-refractivity contribution in [2.45, 2.75) is 48.5 Å². The molecule has 2 aromatic heterocycles. The summed E-state index contributed by atoms with van der Waals surface area (Å²) in [5.41, 5.74) is 4.04. The molecule has 0 amide bonds. The van der Waals surface area contributed by atoms with Gasteiger partial charge in [-0.15, -0.1) is 0 Å². The normalized spacial score (nSPS) is 41.1. The molecular formula is C15H21N5O8. The molecule has 0 bridgehead atoms. The van der Waals surface area contributed by atoms with Gasteiger partial charge in [-0.3, -0.25) is 4.57 Å². The fourth-order valence-corrected chi connectivity index (χ4v) is 3.90. The average Bonchev–Trinajstić information content (AvgIpc) is 3.32. The van der Waals surface area contributed by atoms with Crippen LogP contribution in [0.15, 0.2) is 12.7 Å². The van der Waals surface area contributed by atoms with Gasteiger partial charge in [0.25, 0.3) is 0 Å². The van der Waals surface area contributed by atoms with E-state index in [9.17, 15) is 30.6 Å². The van der Waals surface area contributed by atoms with Crippen LogP contribution in [0.1, 0.15) is 0 Å². The van der Waals surface area contributed by atoms with Crippen LogP contribution < -0.4 is 5.73 Å². The molecule has 2 aliphatic rings. The van der Waals surface area contributed by atoms with Gasteiger partial charge in [-0.2, -0.15) is 0 Å². The third-order valence-corrected chi connectivity index (χ3v) is 5.34. The van der Waals surface area contributed by atoms with Gasteiger partial charge in [0, 0.05) is 0 Å². The number of imidazole rings is 1. The maximum Gasteiger partial charge on any atom is 0.205 e. The van der Waals surface area contributed by atoms with Crippen molar-refractivity contribution in [3.63, 3.8) is 0 Å². The van der Waals surface area contributed by atoms with Crippen LogP contribution in [0, 0.1) is 0 Å². The number of ether oxygens (including phenoxy) is 2. The summed E-state index contributed by atoms with van der Waals surface area (Å²) in [5.74, 6) is 0.0480. The summed E-state index contributed by atoms with van der Waals surface area (Å²) in [6.45, 7) is -1.24. The number of nitrogen functional groups attached to an aromatic ring is 1. The second kappa shape index (κ2) is 6.82. The van der Waals surface area contributed by atoms with Crippen molar-refractivity contribution < 1.29 is 40.1 Å². The second-order valence-corrected chi connectivity index (χ2v) is 6.83. The highest BCUT2D eigenvalue weighted by Crippen LogP contribution is 2.45. The minimum atomic E-state index is -2.04. The van der Waals surface area contributed by atoms with Gasteiger partial charge in [0.2, 0.25) is 5.72 Å². The molecule has 2 aromatic rings. The van der Waals surface area contributed by atoms with Crippen molar-refractivity contribution in [2.24, 2.45) is 0 Å². The number of aliphatic hydroxyl groups is 6. The number of hydrogen-bond donors (Lipinski definition) is 7. The van der Waals surface area contributed by atoms with E-state index in [0.717, 1.165) is 6.33 Å². The molecule has 2 aliphatic heterocycles. The quantitative estimate of drug-likeness (QED) is 0.260. The van der Waals surface area contributed by atoms with Crippen LogP contribution in [0.3, 0.4) is 0 Å². The van der Waals surface area contributed by atoms with E-state index in [4.69, 9.17) is 15.2 Å². The Bertz CT molecular complexity index is 866. The van der Waals surface area contributed by atoms with Crippen molar-refractivity contribution in [3.05, 3.63) is 12.7 Å². The summed E-state index contributed by atoms with van der Waals surface area (Å²) in [7, 11) is 0. The largest absolute Gasteiger partial charge is 0.394 e. The van der Waals surface area contributed by atoms with Gasteiger partial charge in [0.05, 0.1) is 19.5 Å². The van der Waals surface area contributed by atoms with Crippen LogP contribution >= 0.6 is 0 Å². The lowest BCUT2D eigenvalue weighted by Gasteiger charge is -2.39. The molecule has 4 heterocycles. The second-order valence-electron chi connectivity index (χ2n) is 6.83. The SMILES string of the molecule is Nc1ncnc2c1ncn2C1([C@@H]2O[C@@H](CO)[C@@H](O)[C@H]2O)O[C@H](CO)[C@H](O)[C@@H]1O. The lowest BCUT2D eigenvalue weighted by atomic mass is 9.92. The van der Waals surface area contributed by atoms with Crippen LogP contribution in [0.2, 0.25) is 0 Å². The molecule has 2 saturated heterocycles. The van der Waals surface area contributed by atoms with Crippen LogP contribution in [0.5, 0.6) is 0 Å². The maximum absolute atomic E-state index is 10.9. The fourth-order valence-electron chi connectivity index (χ4n) is 3.90. The summed E-state index contributed by atoms with van der Waals surface area (Å²) in [6.07, 6.45) is -7.84. The van der Waals surface area contributed by atoms with Crippen molar-refractivity contribution in [2.75, 3.05) is 18.9 Å². The van der Waals surface area contributed by atoms with Gasteiger partial charge in [-0.1, -0.05) is 0 Å². The first kappa shape index (κ1) is 19.4. The molecule has 154 valence electrons. The molecule has 2 fully saturated rings. The van der Waals surface area contributed by atoms with Gasteiger partial charge in [-0.25, -0.2) is 15.0 Å². The van der Waals surface area contributed by atoms with E-state index in [2.05, 4.69) is 15.0 Å². The first-order valence-electron chi connectivity index (χ1n) is 8.58.